The van der Waals surface area contributed by atoms with Gasteiger partial charge in [0.2, 0.25) is 0 Å². The molecular weight excluding hydrogens is 586 g/mol. The number of amides is 2. The highest BCUT2D eigenvalue weighted by Crippen LogP contribution is 2.33. The molecule has 6 rings (SSSR count). The van der Waals surface area contributed by atoms with Gasteiger partial charge in [-0.25, -0.2) is 4.68 Å². The molecule has 242 valence electrons. The first-order chi connectivity index (χ1) is 22.9. The Morgan fingerprint density at radius 3 is 2.45 bits per heavy atom. The monoisotopic (exact) mass is 629 g/mol. The molecule has 0 fully saturated rings. The van der Waals surface area contributed by atoms with Gasteiger partial charge in [-0.05, 0) is 78.1 Å². The normalized spacial score (nSPS) is 14.3. The molecule has 8 heteroatoms. The maximum absolute atomic E-state index is 14.7. The average Bonchev–Trinajstić information content (AvgIpc) is 3.51. The van der Waals surface area contributed by atoms with Crippen molar-refractivity contribution in [2.75, 3.05) is 19.7 Å². The molecule has 3 heterocycles. The van der Waals surface area contributed by atoms with E-state index in [4.69, 9.17) is 5.10 Å². The molecular formula is C39H43N5O3. The molecule has 8 nitrogen and oxygen atoms in total. The molecule has 2 amide bonds. The fourth-order valence-electron chi connectivity index (χ4n) is 6.57. The largest absolute Gasteiger partial charge is 0.394 e. The minimum atomic E-state index is -0.362. The van der Waals surface area contributed by atoms with Gasteiger partial charge in [0.25, 0.3) is 11.8 Å². The Balaban J connectivity index is 1.45. The van der Waals surface area contributed by atoms with Gasteiger partial charge in [-0.15, -0.1) is 0 Å². The van der Waals surface area contributed by atoms with E-state index in [0.717, 1.165) is 64.4 Å². The van der Waals surface area contributed by atoms with E-state index in [1.54, 1.807) is 15.8 Å². The summed E-state index contributed by atoms with van der Waals surface area (Å²) in [5.41, 5.74) is 6.30. The van der Waals surface area contributed by atoms with Crippen LogP contribution in [0.3, 0.4) is 0 Å². The minimum Gasteiger partial charge on any atom is -0.394 e. The number of fused-ring (bicyclic) bond motifs is 2. The molecule has 0 bridgehead atoms. The summed E-state index contributed by atoms with van der Waals surface area (Å²) >= 11 is 0. The number of aliphatic hydroxyl groups is 1. The molecule has 47 heavy (non-hydrogen) atoms. The Morgan fingerprint density at radius 2 is 1.70 bits per heavy atom. The summed E-state index contributed by atoms with van der Waals surface area (Å²) in [6.45, 7) is 7.81. The number of pyridine rings is 1. The van der Waals surface area contributed by atoms with Crippen LogP contribution in [0.4, 0.5) is 0 Å². The smallest absolute Gasteiger partial charge is 0.274 e. The van der Waals surface area contributed by atoms with Gasteiger partial charge in [0.05, 0.1) is 23.9 Å². The van der Waals surface area contributed by atoms with E-state index in [1.165, 1.54) is 0 Å². The molecule has 0 aliphatic carbocycles. The molecule has 0 unspecified atom stereocenters. The predicted molar refractivity (Wildman–Crippen MR) is 186 cm³/mol. The first-order valence-corrected chi connectivity index (χ1v) is 16.8. The molecule has 0 saturated carbocycles. The van der Waals surface area contributed by atoms with Gasteiger partial charge in [-0.2, -0.15) is 5.10 Å². The van der Waals surface area contributed by atoms with Crippen LogP contribution in [0.15, 0.2) is 85.2 Å². The van der Waals surface area contributed by atoms with E-state index in [9.17, 15) is 14.7 Å². The standard InChI is InChI=1S/C39H43N5O3/c1-4-6-19-42(20-7-5-2)39(47)36-21-27(3)44(41-36)37-16-15-29(33-14-10-13-30-24-40-18-17-34(30)33)23-35(37)38(46)43-25-31-12-9-8-11-28(31)22-32(43)26-45/h8-18,21,23-24,32,45H,4-7,19-20,22,25-26H2,1-3H3/t32-/m0/s1. The van der Waals surface area contributed by atoms with Crippen molar-refractivity contribution in [1.82, 2.24) is 24.6 Å². The molecule has 1 aliphatic rings. The lowest BCUT2D eigenvalue weighted by Gasteiger charge is -2.36. The third-order valence-electron chi connectivity index (χ3n) is 9.23. The summed E-state index contributed by atoms with van der Waals surface area (Å²) in [6.07, 6.45) is 8.07. The highest BCUT2D eigenvalue weighted by atomic mass is 16.3. The molecule has 1 N–H and O–H groups in total. The van der Waals surface area contributed by atoms with Gasteiger partial charge in [0.1, 0.15) is 0 Å². The highest BCUT2D eigenvalue weighted by Gasteiger charge is 2.32. The van der Waals surface area contributed by atoms with Crippen LogP contribution in [0.2, 0.25) is 0 Å². The molecule has 0 spiro atoms. The SMILES string of the molecule is CCCCN(CCCC)C(=O)c1cc(C)n(-c2ccc(-c3cccc4cnccc34)cc2C(=O)N2Cc3ccccc3C[C@H]2CO)n1. The fraction of sp³-hybridized carbons (Fsp3) is 0.333. The van der Waals surface area contributed by atoms with Crippen LogP contribution in [0.25, 0.3) is 27.6 Å². The number of rotatable bonds is 11. The second kappa shape index (κ2) is 14.3. The Labute approximate surface area is 276 Å². The van der Waals surface area contributed by atoms with Crippen molar-refractivity contribution < 1.29 is 14.7 Å². The molecule has 5 aromatic rings. The number of carbonyl (C=O) groups is 2. The zero-order chi connectivity index (χ0) is 32.9. The number of aryl methyl sites for hydroxylation is 1. The minimum absolute atomic E-state index is 0.0874. The summed E-state index contributed by atoms with van der Waals surface area (Å²) in [5, 5.41) is 17.3. The molecule has 1 aliphatic heterocycles. The molecule has 3 aromatic carbocycles. The second-order valence-electron chi connectivity index (χ2n) is 12.5. The van der Waals surface area contributed by atoms with E-state index >= 15 is 0 Å². The summed E-state index contributed by atoms with van der Waals surface area (Å²) in [6, 6.07) is 23.5. The second-order valence-corrected chi connectivity index (χ2v) is 12.5. The number of unbranched alkanes of at least 4 members (excludes halogenated alkanes) is 2. The van der Waals surface area contributed by atoms with Crippen LogP contribution in [0, 0.1) is 6.92 Å². The van der Waals surface area contributed by atoms with Crippen molar-refractivity contribution >= 4 is 22.6 Å². The van der Waals surface area contributed by atoms with Gasteiger partial charge in [-0.3, -0.25) is 14.6 Å². The van der Waals surface area contributed by atoms with E-state index in [0.29, 0.717) is 43.0 Å². The number of hydrogen-bond acceptors (Lipinski definition) is 5. The van der Waals surface area contributed by atoms with Gasteiger partial charge in [-0.1, -0.05) is 75.2 Å². The summed E-state index contributed by atoms with van der Waals surface area (Å²) in [4.78, 5) is 36.4. The molecule has 2 aromatic heterocycles. The topological polar surface area (TPSA) is 91.6 Å². The van der Waals surface area contributed by atoms with E-state index in [-0.39, 0.29) is 24.5 Å². The number of aromatic nitrogens is 3. The first kappa shape index (κ1) is 32.1. The van der Waals surface area contributed by atoms with E-state index < -0.39 is 0 Å². The Kier molecular flexibility index (Phi) is 9.78. The zero-order valence-corrected chi connectivity index (χ0v) is 27.5. The van der Waals surface area contributed by atoms with Crippen LogP contribution in [-0.4, -0.2) is 67.2 Å². The maximum Gasteiger partial charge on any atom is 0.274 e. The van der Waals surface area contributed by atoms with Crippen LogP contribution >= 0.6 is 0 Å². The van der Waals surface area contributed by atoms with Crippen molar-refractivity contribution in [2.45, 2.75) is 65.5 Å². The lowest BCUT2D eigenvalue weighted by atomic mass is 9.92. The van der Waals surface area contributed by atoms with Crippen LogP contribution in [0.5, 0.6) is 0 Å². The van der Waals surface area contributed by atoms with Crippen LogP contribution in [0.1, 0.15) is 77.2 Å². The quantitative estimate of drug-likeness (QED) is 0.170. The third-order valence-corrected chi connectivity index (χ3v) is 9.23. The Hall–Kier alpha value is -4.82. The first-order valence-electron chi connectivity index (χ1n) is 16.8. The lowest BCUT2D eigenvalue weighted by Crippen LogP contribution is -2.46. The van der Waals surface area contributed by atoms with Crippen LogP contribution < -0.4 is 0 Å². The van der Waals surface area contributed by atoms with Crippen molar-refractivity contribution in [3.63, 3.8) is 0 Å². The Bertz CT molecular complexity index is 1880. The van der Waals surface area contributed by atoms with Gasteiger partial charge < -0.3 is 14.9 Å². The fourth-order valence-corrected chi connectivity index (χ4v) is 6.57. The van der Waals surface area contributed by atoms with Crippen molar-refractivity contribution in [2.24, 2.45) is 0 Å². The maximum atomic E-state index is 14.7. The summed E-state index contributed by atoms with van der Waals surface area (Å²) in [7, 11) is 0. The summed E-state index contributed by atoms with van der Waals surface area (Å²) < 4.78 is 1.72. The van der Waals surface area contributed by atoms with Crippen molar-refractivity contribution in [1.29, 1.82) is 0 Å². The van der Waals surface area contributed by atoms with Crippen LogP contribution in [-0.2, 0) is 13.0 Å². The van der Waals surface area contributed by atoms with Crippen molar-refractivity contribution in [3.8, 4) is 16.8 Å². The zero-order valence-electron chi connectivity index (χ0n) is 27.5. The van der Waals surface area contributed by atoms with Crippen molar-refractivity contribution in [3.05, 3.63) is 113 Å². The Morgan fingerprint density at radius 1 is 0.936 bits per heavy atom. The average molecular weight is 630 g/mol. The summed E-state index contributed by atoms with van der Waals surface area (Å²) in [5.74, 6) is -0.275. The lowest BCUT2D eigenvalue weighted by molar-refractivity contribution is 0.0544. The number of nitrogens with zero attached hydrogens (tertiary/aromatic N) is 5. The highest BCUT2D eigenvalue weighted by molar-refractivity contribution is 6.02. The molecule has 0 saturated heterocycles. The van der Waals surface area contributed by atoms with E-state index in [1.807, 2.05) is 78.7 Å². The van der Waals surface area contributed by atoms with E-state index in [2.05, 4.69) is 31.0 Å². The van der Waals surface area contributed by atoms with Gasteiger partial charge in [0.15, 0.2) is 5.69 Å². The van der Waals surface area contributed by atoms with Gasteiger partial charge in [0, 0.05) is 43.1 Å². The number of aliphatic hydroxyl groups excluding tert-OH is 1. The molecule has 1 atom stereocenters. The number of hydrogen-bond donors (Lipinski definition) is 1. The third kappa shape index (κ3) is 6.56. The molecule has 0 radical (unpaired) electrons. The number of carbonyl (C=O) groups excluding carboxylic acids is 2. The number of benzene rings is 3. The van der Waals surface area contributed by atoms with Gasteiger partial charge >= 0.3 is 0 Å². The predicted octanol–water partition coefficient (Wildman–Crippen LogP) is 7.00.